The lowest BCUT2D eigenvalue weighted by molar-refractivity contribution is 0.112. The Labute approximate surface area is 128 Å². The predicted molar refractivity (Wildman–Crippen MR) is 85.8 cm³/mol. The molecular weight excluding hydrogens is 264 g/mol. The standard InChI is InChI=1S/C17H28N2O2/c1-18(2)11-12-21-17-8-6-15(7-9-17)13-19-10-4-5-16(19)14-20-3/h6-9,16H,4-5,10-14H2,1-3H3/t16-/m0/s1. The van der Waals surface area contributed by atoms with Crippen LogP contribution in [-0.4, -0.2) is 63.4 Å². The van der Waals surface area contributed by atoms with E-state index in [1.54, 1.807) is 7.11 Å². The first-order chi connectivity index (χ1) is 10.2. The highest BCUT2D eigenvalue weighted by molar-refractivity contribution is 5.27. The molecule has 2 rings (SSSR count). The van der Waals surface area contributed by atoms with Gasteiger partial charge in [0.2, 0.25) is 0 Å². The van der Waals surface area contributed by atoms with Crippen LogP contribution in [0, 0.1) is 0 Å². The summed E-state index contributed by atoms with van der Waals surface area (Å²) in [6.45, 7) is 4.69. The predicted octanol–water partition coefficient (Wildman–Crippen LogP) is 2.24. The van der Waals surface area contributed by atoms with Crippen LogP contribution in [0.5, 0.6) is 5.75 Å². The van der Waals surface area contributed by atoms with Crippen molar-refractivity contribution in [2.75, 3.05) is 47.5 Å². The molecule has 0 radical (unpaired) electrons. The molecule has 0 amide bonds. The second-order valence-electron chi connectivity index (χ2n) is 6.02. The maximum absolute atomic E-state index is 5.73. The highest BCUT2D eigenvalue weighted by Crippen LogP contribution is 2.21. The number of hydrogen-bond acceptors (Lipinski definition) is 4. The lowest BCUT2D eigenvalue weighted by atomic mass is 10.2. The number of benzene rings is 1. The molecular formula is C17H28N2O2. The molecule has 0 bridgehead atoms. The van der Waals surface area contributed by atoms with Crippen molar-refractivity contribution < 1.29 is 9.47 Å². The van der Waals surface area contributed by atoms with E-state index in [4.69, 9.17) is 9.47 Å². The number of rotatable bonds is 8. The van der Waals surface area contributed by atoms with Gasteiger partial charge in [-0.15, -0.1) is 0 Å². The van der Waals surface area contributed by atoms with E-state index in [9.17, 15) is 0 Å². The Morgan fingerprint density at radius 2 is 2.00 bits per heavy atom. The lowest BCUT2D eigenvalue weighted by Crippen LogP contribution is -2.32. The monoisotopic (exact) mass is 292 g/mol. The molecule has 1 saturated heterocycles. The van der Waals surface area contributed by atoms with Gasteiger partial charge in [0, 0.05) is 26.2 Å². The zero-order valence-electron chi connectivity index (χ0n) is 13.5. The normalized spacial score (nSPS) is 19.3. The van der Waals surface area contributed by atoms with E-state index < -0.39 is 0 Å². The van der Waals surface area contributed by atoms with Gasteiger partial charge in [0.1, 0.15) is 12.4 Å². The zero-order chi connectivity index (χ0) is 15.1. The largest absolute Gasteiger partial charge is 0.492 e. The van der Waals surface area contributed by atoms with Gasteiger partial charge >= 0.3 is 0 Å². The van der Waals surface area contributed by atoms with Crippen LogP contribution in [0.1, 0.15) is 18.4 Å². The van der Waals surface area contributed by atoms with E-state index in [0.717, 1.165) is 32.1 Å². The van der Waals surface area contributed by atoms with Crippen LogP contribution in [0.4, 0.5) is 0 Å². The molecule has 0 spiro atoms. The molecule has 0 unspecified atom stereocenters. The molecule has 4 nitrogen and oxygen atoms in total. The van der Waals surface area contributed by atoms with Crippen LogP contribution in [0.2, 0.25) is 0 Å². The third kappa shape index (κ3) is 5.30. The second kappa shape index (κ2) is 8.37. The fourth-order valence-electron chi connectivity index (χ4n) is 2.76. The van der Waals surface area contributed by atoms with E-state index in [1.165, 1.54) is 24.9 Å². The summed E-state index contributed by atoms with van der Waals surface area (Å²) in [6.07, 6.45) is 2.53. The van der Waals surface area contributed by atoms with E-state index in [2.05, 4.69) is 48.2 Å². The van der Waals surface area contributed by atoms with Crippen molar-refractivity contribution in [3.05, 3.63) is 29.8 Å². The van der Waals surface area contributed by atoms with Gasteiger partial charge in [-0.25, -0.2) is 0 Å². The fourth-order valence-corrected chi connectivity index (χ4v) is 2.76. The molecule has 1 aromatic rings. The topological polar surface area (TPSA) is 24.9 Å². The Kier molecular flexibility index (Phi) is 6.49. The van der Waals surface area contributed by atoms with Crippen LogP contribution in [0.15, 0.2) is 24.3 Å². The van der Waals surface area contributed by atoms with Gasteiger partial charge in [0.15, 0.2) is 0 Å². The summed E-state index contributed by atoms with van der Waals surface area (Å²) in [6, 6.07) is 9.07. The minimum Gasteiger partial charge on any atom is -0.492 e. The summed E-state index contributed by atoms with van der Waals surface area (Å²) in [7, 11) is 5.90. The van der Waals surface area contributed by atoms with Gasteiger partial charge in [0.25, 0.3) is 0 Å². The van der Waals surface area contributed by atoms with Crippen molar-refractivity contribution in [1.29, 1.82) is 0 Å². The quantitative estimate of drug-likeness (QED) is 0.733. The van der Waals surface area contributed by atoms with Crippen LogP contribution >= 0.6 is 0 Å². The molecule has 118 valence electrons. The Bertz CT molecular complexity index is 406. The molecule has 1 fully saturated rings. The summed E-state index contributed by atoms with van der Waals surface area (Å²) >= 11 is 0. The van der Waals surface area contributed by atoms with E-state index >= 15 is 0 Å². The number of likely N-dealkylation sites (tertiary alicyclic amines) is 1. The molecule has 4 heteroatoms. The molecule has 1 heterocycles. The Hall–Kier alpha value is -1.10. The van der Waals surface area contributed by atoms with Crippen molar-refractivity contribution in [1.82, 2.24) is 9.80 Å². The number of ether oxygens (including phenoxy) is 2. The average Bonchev–Trinajstić information content (AvgIpc) is 2.88. The molecule has 1 aliphatic rings. The zero-order valence-corrected chi connectivity index (χ0v) is 13.5. The Morgan fingerprint density at radius 3 is 2.67 bits per heavy atom. The van der Waals surface area contributed by atoms with Crippen LogP contribution in [0.3, 0.4) is 0 Å². The van der Waals surface area contributed by atoms with Crippen molar-refractivity contribution in [2.24, 2.45) is 0 Å². The second-order valence-corrected chi connectivity index (χ2v) is 6.02. The van der Waals surface area contributed by atoms with Crippen molar-refractivity contribution in [3.63, 3.8) is 0 Å². The first-order valence-electron chi connectivity index (χ1n) is 7.78. The van der Waals surface area contributed by atoms with Crippen molar-refractivity contribution in [3.8, 4) is 5.75 Å². The molecule has 1 atom stereocenters. The third-order valence-corrected chi connectivity index (χ3v) is 3.97. The van der Waals surface area contributed by atoms with Gasteiger partial charge in [-0.3, -0.25) is 4.90 Å². The van der Waals surface area contributed by atoms with Crippen molar-refractivity contribution >= 4 is 0 Å². The minimum atomic E-state index is 0.575. The molecule has 1 aromatic carbocycles. The summed E-state index contributed by atoms with van der Waals surface area (Å²) in [5, 5.41) is 0. The summed E-state index contributed by atoms with van der Waals surface area (Å²) in [5.74, 6) is 0.954. The van der Waals surface area contributed by atoms with Gasteiger partial charge in [-0.1, -0.05) is 12.1 Å². The number of nitrogens with zero attached hydrogens (tertiary/aromatic N) is 2. The molecule has 0 saturated carbocycles. The van der Waals surface area contributed by atoms with Crippen LogP contribution in [0.25, 0.3) is 0 Å². The molecule has 0 aromatic heterocycles. The van der Waals surface area contributed by atoms with E-state index in [0.29, 0.717) is 6.04 Å². The minimum absolute atomic E-state index is 0.575. The molecule has 0 N–H and O–H groups in total. The first kappa shape index (κ1) is 16.3. The average molecular weight is 292 g/mol. The Morgan fingerprint density at radius 1 is 1.24 bits per heavy atom. The van der Waals surface area contributed by atoms with Crippen molar-refractivity contribution in [2.45, 2.75) is 25.4 Å². The van der Waals surface area contributed by atoms with E-state index in [1.807, 2.05) is 0 Å². The Balaban J connectivity index is 1.81. The van der Waals surface area contributed by atoms with Gasteiger partial charge < -0.3 is 14.4 Å². The number of hydrogen-bond donors (Lipinski definition) is 0. The number of likely N-dealkylation sites (N-methyl/N-ethyl adjacent to an activating group) is 1. The fraction of sp³-hybridized carbons (Fsp3) is 0.647. The lowest BCUT2D eigenvalue weighted by Gasteiger charge is -2.23. The van der Waals surface area contributed by atoms with E-state index in [-0.39, 0.29) is 0 Å². The maximum Gasteiger partial charge on any atom is 0.119 e. The molecule has 0 aliphatic carbocycles. The summed E-state index contributed by atoms with van der Waals surface area (Å²) in [4.78, 5) is 4.64. The SMILES string of the molecule is COC[C@@H]1CCCN1Cc1ccc(OCCN(C)C)cc1. The smallest absolute Gasteiger partial charge is 0.119 e. The highest BCUT2D eigenvalue weighted by atomic mass is 16.5. The molecule has 1 aliphatic heterocycles. The first-order valence-corrected chi connectivity index (χ1v) is 7.78. The number of methoxy groups -OCH3 is 1. The van der Waals surface area contributed by atoms with Gasteiger partial charge in [-0.2, -0.15) is 0 Å². The maximum atomic E-state index is 5.73. The highest BCUT2D eigenvalue weighted by Gasteiger charge is 2.24. The summed E-state index contributed by atoms with van der Waals surface area (Å²) in [5.41, 5.74) is 1.35. The van der Waals surface area contributed by atoms with Gasteiger partial charge in [0.05, 0.1) is 6.61 Å². The summed E-state index contributed by atoms with van der Waals surface area (Å²) < 4.78 is 11.0. The third-order valence-electron chi connectivity index (χ3n) is 3.97. The van der Waals surface area contributed by atoms with Crippen LogP contribution < -0.4 is 4.74 Å². The van der Waals surface area contributed by atoms with Gasteiger partial charge in [-0.05, 0) is 51.2 Å². The molecule has 21 heavy (non-hydrogen) atoms. The van der Waals surface area contributed by atoms with Crippen LogP contribution in [-0.2, 0) is 11.3 Å².